The van der Waals surface area contributed by atoms with Gasteiger partial charge in [0.2, 0.25) is 11.9 Å². The molecule has 0 spiro atoms. The van der Waals surface area contributed by atoms with Gasteiger partial charge in [0.1, 0.15) is 11.0 Å². The van der Waals surface area contributed by atoms with Gasteiger partial charge in [0.05, 0.1) is 25.0 Å². The van der Waals surface area contributed by atoms with Crippen LogP contribution in [0, 0.1) is 0 Å². The van der Waals surface area contributed by atoms with Crippen molar-refractivity contribution in [3.8, 4) is 0 Å². The molecule has 6 N–H and O–H groups in total. The average Bonchev–Trinajstić information content (AvgIpc) is 3.06. The second kappa shape index (κ2) is 4.76. The molecule has 0 saturated heterocycles. The Balaban J connectivity index is 0.000000121. The lowest BCUT2D eigenvalue weighted by atomic mass is 10.6. The number of anilines is 2. The monoisotopic (exact) mass is 270 g/mol. The summed E-state index contributed by atoms with van der Waals surface area (Å²) in [6.45, 7) is 0. The fourth-order valence-corrected chi connectivity index (χ4v) is 1.50. The zero-order valence-electron chi connectivity index (χ0n) is 10.1. The smallest absolute Gasteiger partial charge is 0.222 e. The molecular formula is C10H10N10. The highest BCUT2D eigenvalue weighted by molar-refractivity contribution is 5.69. The number of nitrogens with two attached hydrogens (primary N) is 2. The zero-order chi connectivity index (χ0) is 13.9. The molecule has 0 saturated carbocycles. The van der Waals surface area contributed by atoms with Crippen molar-refractivity contribution in [2.45, 2.75) is 0 Å². The maximum absolute atomic E-state index is 5.31. The molecule has 4 aromatic rings. The second-order valence-corrected chi connectivity index (χ2v) is 3.74. The summed E-state index contributed by atoms with van der Waals surface area (Å²) in [4.78, 5) is 28.8. The molecule has 0 aliphatic carbocycles. The number of nitrogens with zero attached hydrogens (tertiary/aromatic N) is 6. The molecule has 0 amide bonds. The molecule has 10 nitrogen and oxygen atoms in total. The molecular weight excluding hydrogens is 260 g/mol. The van der Waals surface area contributed by atoms with Crippen molar-refractivity contribution in [1.29, 1.82) is 0 Å². The first-order chi connectivity index (χ1) is 9.72. The topological polar surface area (TPSA) is 161 Å². The highest BCUT2D eigenvalue weighted by atomic mass is 15.1. The van der Waals surface area contributed by atoms with Crippen LogP contribution in [0.2, 0.25) is 0 Å². The molecule has 0 fully saturated rings. The number of H-pyrrole nitrogens is 2. The molecule has 0 radical (unpaired) electrons. The van der Waals surface area contributed by atoms with Crippen LogP contribution in [0.1, 0.15) is 0 Å². The summed E-state index contributed by atoms with van der Waals surface area (Å²) in [5.41, 5.74) is 13.4. The molecule has 0 aliphatic heterocycles. The van der Waals surface area contributed by atoms with Crippen LogP contribution in [0.3, 0.4) is 0 Å². The molecule has 10 heteroatoms. The third-order valence-electron chi connectivity index (χ3n) is 2.39. The van der Waals surface area contributed by atoms with Crippen LogP contribution in [0.25, 0.3) is 22.3 Å². The van der Waals surface area contributed by atoms with Crippen LogP contribution >= 0.6 is 0 Å². The van der Waals surface area contributed by atoms with Gasteiger partial charge in [-0.15, -0.1) is 0 Å². The normalized spacial score (nSPS) is 10.4. The quantitative estimate of drug-likeness (QED) is 0.343. The number of nitrogen functional groups attached to an aromatic ring is 2. The van der Waals surface area contributed by atoms with Crippen molar-refractivity contribution in [3.05, 3.63) is 25.0 Å². The number of aromatic amines is 2. The Hall–Kier alpha value is -3.30. The lowest BCUT2D eigenvalue weighted by Gasteiger charge is -1.87. The number of nitrogens with one attached hydrogen (secondary N) is 2. The lowest BCUT2D eigenvalue weighted by molar-refractivity contribution is 1.22. The highest BCUT2D eigenvalue weighted by Gasteiger charge is 1.96. The molecule has 4 heterocycles. The largest absolute Gasteiger partial charge is 0.368 e. The van der Waals surface area contributed by atoms with Crippen LogP contribution in [0.15, 0.2) is 25.0 Å². The summed E-state index contributed by atoms with van der Waals surface area (Å²) in [7, 11) is 0. The molecule has 100 valence electrons. The number of hydrogen-bond donors (Lipinski definition) is 4. The van der Waals surface area contributed by atoms with E-state index < -0.39 is 0 Å². The molecule has 0 bridgehead atoms. The van der Waals surface area contributed by atoms with E-state index >= 15 is 0 Å². The van der Waals surface area contributed by atoms with E-state index in [1.165, 1.54) is 0 Å². The van der Waals surface area contributed by atoms with Crippen molar-refractivity contribution in [2.75, 3.05) is 11.5 Å². The van der Waals surface area contributed by atoms with E-state index in [2.05, 4.69) is 39.9 Å². The predicted octanol–water partition coefficient (Wildman–Crippen LogP) is -0.130. The first kappa shape index (κ1) is 11.8. The van der Waals surface area contributed by atoms with Crippen molar-refractivity contribution in [1.82, 2.24) is 39.9 Å². The maximum Gasteiger partial charge on any atom is 0.222 e. The Morgan fingerprint density at radius 2 is 1.15 bits per heavy atom. The number of rotatable bonds is 0. The molecule has 0 atom stereocenters. The van der Waals surface area contributed by atoms with Crippen LogP contribution in [0.4, 0.5) is 11.9 Å². The fourth-order valence-electron chi connectivity index (χ4n) is 1.50. The number of fused-ring (bicyclic) bond motifs is 2. The van der Waals surface area contributed by atoms with E-state index in [4.69, 9.17) is 11.5 Å². The standard InChI is InChI=1S/2C5H5N5/c2*6-5-7-1-3-4(10-5)9-2-8-3/h2*1-2H,(H3,6,7,8,9,10). The summed E-state index contributed by atoms with van der Waals surface area (Å²) in [5.74, 6) is 0.499. The highest BCUT2D eigenvalue weighted by Crippen LogP contribution is 2.04. The number of imidazole rings is 2. The first-order valence-corrected chi connectivity index (χ1v) is 5.55. The summed E-state index contributed by atoms with van der Waals surface area (Å²) in [6.07, 6.45) is 6.31. The summed E-state index contributed by atoms with van der Waals surface area (Å²) in [5, 5.41) is 0. The van der Waals surface area contributed by atoms with Crippen LogP contribution < -0.4 is 11.5 Å². The minimum Gasteiger partial charge on any atom is -0.368 e. The number of aromatic nitrogens is 8. The Morgan fingerprint density at radius 3 is 1.60 bits per heavy atom. The summed E-state index contributed by atoms with van der Waals surface area (Å²) < 4.78 is 0. The van der Waals surface area contributed by atoms with E-state index in [-0.39, 0.29) is 11.9 Å². The van der Waals surface area contributed by atoms with E-state index in [0.29, 0.717) is 11.3 Å². The molecule has 0 unspecified atom stereocenters. The van der Waals surface area contributed by atoms with Gasteiger partial charge in [-0.2, -0.15) is 9.97 Å². The van der Waals surface area contributed by atoms with Crippen LogP contribution in [0.5, 0.6) is 0 Å². The van der Waals surface area contributed by atoms with Crippen molar-refractivity contribution >= 4 is 34.2 Å². The van der Waals surface area contributed by atoms with Gasteiger partial charge in [-0.3, -0.25) is 0 Å². The first-order valence-electron chi connectivity index (χ1n) is 5.55. The van der Waals surface area contributed by atoms with E-state index in [1.54, 1.807) is 25.0 Å². The second-order valence-electron chi connectivity index (χ2n) is 3.74. The third kappa shape index (κ3) is 2.29. The van der Waals surface area contributed by atoms with E-state index in [9.17, 15) is 0 Å². The van der Waals surface area contributed by atoms with E-state index in [0.717, 1.165) is 11.0 Å². The maximum atomic E-state index is 5.31. The Bertz CT molecular complexity index is 775. The zero-order valence-corrected chi connectivity index (χ0v) is 10.1. The van der Waals surface area contributed by atoms with E-state index in [1.807, 2.05) is 0 Å². The average molecular weight is 270 g/mol. The minimum atomic E-state index is 0.250. The molecule has 4 aromatic heterocycles. The van der Waals surface area contributed by atoms with Gasteiger partial charge in [-0.05, 0) is 0 Å². The molecule has 20 heavy (non-hydrogen) atoms. The molecule has 0 aliphatic rings. The Kier molecular flexibility index (Phi) is 2.80. The lowest BCUT2D eigenvalue weighted by Crippen LogP contribution is -1.93. The Morgan fingerprint density at radius 1 is 0.700 bits per heavy atom. The van der Waals surface area contributed by atoms with Gasteiger partial charge in [0, 0.05) is 0 Å². The fraction of sp³-hybridized carbons (Fsp3) is 0. The third-order valence-corrected chi connectivity index (χ3v) is 2.39. The van der Waals surface area contributed by atoms with Gasteiger partial charge in [-0.1, -0.05) is 0 Å². The van der Waals surface area contributed by atoms with Crippen LogP contribution in [-0.4, -0.2) is 39.9 Å². The van der Waals surface area contributed by atoms with Gasteiger partial charge >= 0.3 is 0 Å². The SMILES string of the molecule is Nc1ncc2[nH]cnc2n1.Nc1ncc2[nH]cnc2n1. The van der Waals surface area contributed by atoms with Gasteiger partial charge in [-0.25, -0.2) is 19.9 Å². The van der Waals surface area contributed by atoms with Gasteiger partial charge < -0.3 is 21.4 Å². The van der Waals surface area contributed by atoms with Gasteiger partial charge in [0.15, 0.2) is 11.3 Å². The number of hydrogen-bond acceptors (Lipinski definition) is 8. The van der Waals surface area contributed by atoms with Crippen LogP contribution in [-0.2, 0) is 0 Å². The summed E-state index contributed by atoms with van der Waals surface area (Å²) >= 11 is 0. The Labute approximate surface area is 111 Å². The van der Waals surface area contributed by atoms with Crippen molar-refractivity contribution in [2.24, 2.45) is 0 Å². The molecule has 0 aromatic carbocycles. The minimum absolute atomic E-state index is 0.250. The van der Waals surface area contributed by atoms with Gasteiger partial charge in [0.25, 0.3) is 0 Å². The predicted molar refractivity (Wildman–Crippen MR) is 72.2 cm³/mol. The molecule has 4 rings (SSSR count). The van der Waals surface area contributed by atoms with Crippen molar-refractivity contribution in [3.63, 3.8) is 0 Å². The van der Waals surface area contributed by atoms with Crippen molar-refractivity contribution < 1.29 is 0 Å². The summed E-state index contributed by atoms with van der Waals surface area (Å²) in [6, 6.07) is 0.